The maximum absolute atomic E-state index is 5.99. The van der Waals surface area contributed by atoms with E-state index in [0.29, 0.717) is 5.19 Å². The van der Waals surface area contributed by atoms with Crippen molar-refractivity contribution >= 4 is 23.6 Å². The molecular weight excluding hydrogens is 320 g/mol. The van der Waals surface area contributed by atoms with Crippen LogP contribution in [0.4, 0.5) is 5.69 Å². The molecule has 2 heterocycles. The van der Waals surface area contributed by atoms with Gasteiger partial charge in [0.2, 0.25) is 0 Å². The molecule has 2 fully saturated rings. The first-order chi connectivity index (χ1) is 11.5. The van der Waals surface area contributed by atoms with Crippen LogP contribution in [0.25, 0.3) is 0 Å². The molecule has 1 saturated heterocycles. The zero-order valence-corrected chi connectivity index (χ0v) is 15.2. The molecule has 1 aliphatic heterocycles. The Bertz CT molecular complexity index is 790. The fourth-order valence-corrected chi connectivity index (χ4v) is 3.30. The number of likely N-dealkylation sites (tertiary alicyclic amines) is 1. The molecule has 24 heavy (non-hydrogen) atoms. The van der Waals surface area contributed by atoms with Crippen LogP contribution >= 0.6 is 11.5 Å². The van der Waals surface area contributed by atoms with Crippen LogP contribution in [0.15, 0.2) is 17.1 Å². The third kappa shape index (κ3) is 3.02. The van der Waals surface area contributed by atoms with Crippen molar-refractivity contribution in [3.05, 3.63) is 29.1 Å². The molecule has 0 amide bonds. The second-order valence-corrected chi connectivity index (χ2v) is 7.80. The molecule has 0 N–H and O–H groups in total. The van der Waals surface area contributed by atoms with Gasteiger partial charge >= 0.3 is 0 Å². The van der Waals surface area contributed by atoms with E-state index in [9.17, 15) is 0 Å². The molecule has 6 heteroatoms. The number of hydrogen-bond acceptors (Lipinski definition) is 5. The van der Waals surface area contributed by atoms with Crippen LogP contribution in [-0.4, -0.2) is 33.7 Å². The Hall–Kier alpha value is -1.95. The van der Waals surface area contributed by atoms with E-state index < -0.39 is 0 Å². The average Bonchev–Trinajstić information content (AvgIpc) is 3.07. The van der Waals surface area contributed by atoms with Crippen molar-refractivity contribution in [3.63, 3.8) is 0 Å². The third-order valence-corrected chi connectivity index (χ3v) is 5.48. The number of aliphatic imine (C=N–C) groups is 1. The summed E-state index contributed by atoms with van der Waals surface area (Å²) < 4.78 is 10.4. The van der Waals surface area contributed by atoms with Crippen LogP contribution in [0.2, 0.25) is 0 Å². The fraction of sp³-hybridized carbons (Fsp3) is 0.500. The molecular formula is C18H22N4OS. The highest BCUT2D eigenvalue weighted by molar-refractivity contribution is 7.07. The molecule has 4 rings (SSSR count). The van der Waals surface area contributed by atoms with Crippen LogP contribution in [-0.2, 0) is 5.41 Å². The minimum Gasteiger partial charge on any atom is -0.430 e. The monoisotopic (exact) mass is 342 g/mol. The molecule has 1 aromatic carbocycles. The largest absolute Gasteiger partial charge is 0.430 e. The Morgan fingerprint density at radius 2 is 2.04 bits per heavy atom. The van der Waals surface area contributed by atoms with E-state index in [4.69, 9.17) is 4.74 Å². The van der Waals surface area contributed by atoms with E-state index in [1.54, 1.807) is 0 Å². The topological polar surface area (TPSA) is 50.6 Å². The minimum absolute atomic E-state index is 0.179. The molecule has 1 saturated carbocycles. The summed E-state index contributed by atoms with van der Waals surface area (Å²) in [6, 6.07) is 4.11. The number of aromatic nitrogens is 2. The standard InChI is InChI=1S/C18H22N4OS/c1-12-10-15(13(2)9-14(12)19-11-22-7-4-8-22)23-17-20-16(21-24-17)18(3)5-6-18/h9-11H,4-8H2,1-3H3/b19-11+. The molecule has 2 aliphatic rings. The Balaban J connectivity index is 1.51. The van der Waals surface area contributed by atoms with Crippen molar-refractivity contribution < 1.29 is 4.74 Å². The molecule has 0 atom stereocenters. The summed E-state index contributed by atoms with van der Waals surface area (Å²) >= 11 is 1.34. The van der Waals surface area contributed by atoms with Gasteiger partial charge in [-0.25, -0.2) is 4.99 Å². The predicted octanol–water partition coefficient (Wildman–Crippen LogP) is 4.36. The lowest BCUT2D eigenvalue weighted by molar-refractivity contribution is 0.310. The van der Waals surface area contributed by atoms with Gasteiger partial charge in [0.25, 0.3) is 5.19 Å². The van der Waals surface area contributed by atoms with Crippen molar-refractivity contribution in [2.24, 2.45) is 4.99 Å². The summed E-state index contributed by atoms with van der Waals surface area (Å²) in [4.78, 5) is 11.4. The highest BCUT2D eigenvalue weighted by Gasteiger charge is 2.43. The Morgan fingerprint density at radius 3 is 2.71 bits per heavy atom. The van der Waals surface area contributed by atoms with Crippen molar-refractivity contribution in [2.75, 3.05) is 13.1 Å². The predicted molar refractivity (Wildman–Crippen MR) is 96.8 cm³/mol. The van der Waals surface area contributed by atoms with Gasteiger partial charge in [0, 0.05) is 30.0 Å². The molecule has 1 aliphatic carbocycles. The number of ether oxygens (including phenoxy) is 1. The summed E-state index contributed by atoms with van der Waals surface area (Å²) in [6.45, 7) is 8.54. The molecule has 0 spiro atoms. The van der Waals surface area contributed by atoms with E-state index in [-0.39, 0.29) is 5.41 Å². The first kappa shape index (κ1) is 15.6. The smallest absolute Gasteiger partial charge is 0.298 e. The lowest BCUT2D eigenvalue weighted by atomic mass is 10.1. The van der Waals surface area contributed by atoms with Gasteiger partial charge in [0.15, 0.2) is 5.82 Å². The minimum atomic E-state index is 0.179. The van der Waals surface area contributed by atoms with Crippen LogP contribution in [0, 0.1) is 13.8 Å². The average molecular weight is 342 g/mol. The summed E-state index contributed by atoms with van der Waals surface area (Å²) in [5, 5.41) is 0.623. The second-order valence-electron chi connectivity index (χ2n) is 7.08. The molecule has 5 nitrogen and oxygen atoms in total. The van der Waals surface area contributed by atoms with Gasteiger partial charge in [0.1, 0.15) is 5.75 Å². The van der Waals surface area contributed by atoms with Crippen LogP contribution in [0.3, 0.4) is 0 Å². The number of aryl methyl sites for hydroxylation is 2. The highest BCUT2D eigenvalue weighted by Crippen LogP contribution is 2.47. The molecule has 2 aromatic rings. The quantitative estimate of drug-likeness (QED) is 0.598. The summed E-state index contributed by atoms with van der Waals surface area (Å²) in [6.07, 6.45) is 5.55. The van der Waals surface area contributed by atoms with Gasteiger partial charge in [-0.3, -0.25) is 0 Å². The van der Waals surface area contributed by atoms with Crippen LogP contribution in [0.1, 0.15) is 43.1 Å². The lowest BCUT2D eigenvalue weighted by Gasteiger charge is -2.28. The van der Waals surface area contributed by atoms with E-state index >= 15 is 0 Å². The van der Waals surface area contributed by atoms with E-state index in [1.165, 1.54) is 30.8 Å². The van der Waals surface area contributed by atoms with Crippen LogP contribution in [0.5, 0.6) is 10.9 Å². The van der Waals surface area contributed by atoms with Gasteiger partial charge in [-0.1, -0.05) is 6.92 Å². The van der Waals surface area contributed by atoms with Crippen molar-refractivity contribution in [1.82, 2.24) is 14.3 Å². The lowest BCUT2D eigenvalue weighted by Crippen LogP contribution is -2.35. The first-order valence-corrected chi connectivity index (χ1v) is 9.22. The van der Waals surface area contributed by atoms with Gasteiger partial charge in [0.05, 0.1) is 12.0 Å². The van der Waals surface area contributed by atoms with E-state index in [2.05, 4.69) is 39.2 Å². The molecule has 0 radical (unpaired) electrons. The Kier molecular flexibility index (Phi) is 3.79. The number of rotatable bonds is 5. The number of hydrogen-bond donors (Lipinski definition) is 0. The third-order valence-electron chi connectivity index (χ3n) is 4.89. The maximum Gasteiger partial charge on any atom is 0.298 e. The fourth-order valence-electron chi connectivity index (χ4n) is 2.62. The zero-order chi connectivity index (χ0) is 16.7. The van der Waals surface area contributed by atoms with Crippen molar-refractivity contribution in [2.45, 2.75) is 45.4 Å². The van der Waals surface area contributed by atoms with Gasteiger partial charge < -0.3 is 9.64 Å². The van der Waals surface area contributed by atoms with E-state index in [1.807, 2.05) is 19.3 Å². The Morgan fingerprint density at radius 1 is 1.25 bits per heavy atom. The highest BCUT2D eigenvalue weighted by atomic mass is 32.1. The van der Waals surface area contributed by atoms with Gasteiger partial charge in [-0.15, -0.1) is 0 Å². The van der Waals surface area contributed by atoms with Gasteiger partial charge in [-0.2, -0.15) is 9.36 Å². The molecule has 0 bridgehead atoms. The summed E-state index contributed by atoms with van der Waals surface area (Å²) in [5.74, 6) is 1.76. The number of nitrogens with zero attached hydrogens (tertiary/aromatic N) is 4. The molecule has 1 aromatic heterocycles. The number of benzene rings is 1. The maximum atomic E-state index is 5.99. The first-order valence-electron chi connectivity index (χ1n) is 8.45. The molecule has 126 valence electrons. The van der Waals surface area contributed by atoms with Crippen LogP contribution < -0.4 is 4.74 Å². The SMILES string of the molecule is Cc1cc(Oc2nc(C3(C)CC3)ns2)c(C)cc1/N=C/N1CCC1. The summed E-state index contributed by atoms with van der Waals surface area (Å²) in [7, 11) is 0. The Labute approximate surface area is 146 Å². The normalized spacial score (nSPS) is 18.7. The van der Waals surface area contributed by atoms with Crippen molar-refractivity contribution in [3.8, 4) is 10.9 Å². The zero-order valence-electron chi connectivity index (χ0n) is 14.4. The summed E-state index contributed by atoms with van der Waals surface area (Å²) in [5.41, 5.74) is 3.34. The van der Waals surface area contributed by atoms with E-state index in [0.717, 1.165) is 41.5 Å². The van der Waals surface area contributed by atoms with Gasteiger partial charge in [-0.05, 0) is 56.4 Å². The molecule has 0 unspecified atom stereocenters. The van der Waals surface area contributed by atoms with Crippen molar-refractivity contribution in [1.29, 1.82) is 0 Å². The second kappa shape index (κ2) is 5.84.